The highest BCUT2D eigenvalue weighted by Crippen LogP contribution is 2.27. The molecule has 2 heterocycles. The lowest BCUT2D eigenvalue weighted by atomic mass is 10.2. The number of carbonyl (C=O) groups excluding carboxylic acids is 1. The number of rotatable bonds is 6. The Labute approximate surface area is 148 Å². The van der Waals surface area contributed by atoms with E-state index in [4.69, 9.17) is 9.84 Å². The molecule has 0 unspecified atom stereocenters. The highest BCUT2D eigenvalue weighted by Gasteiger charge is 2.38. The summed E-state index contributed by atoms with van der Waals surface area (Å²) in [5.74, 6) is -2.13. The van der Waals surface area contributed by atoms with Crippen LogP contribution in [0.4, 0.5) is 13.2 Å². The molecule has 1 fully saturated rings. The first-order valence-corrected chi connectivity index (χ1v) is 8.39. The zero-order valence-electron chi connectivity index (χ0n) is 13.2. The van der Waals surface area contributed by atoms with Gasteiger partial charge >= 0.3 is 17.8 Å². The van der Waals surface area contributed by atoms with Crippen molar-refractivity contribution in [3.63, 3.8) is 0 Å². The van der Waals surface area contributed by atoms with Crippen LogP contribution in [0.2, 0.25) is 0 Å². The quantitative estimate of drug-likeness (QED) is 0.354. The van der Waals surface area contributed by atoms with Gasteiger partial charge in [-0.15, -0.1) is 11.8 Å². The summed E-state index contributed by atoms with van der Waals surface area (Å²) in [6.07, 6.45) is -6.57. The summed E-state index contributed by atoms with van der Waals surface area (Å²) in [4.78, 5) is 36.5. The Hall–Kier alpha value is -1.83. The van der Waals surface area contributed by atoms with Gasteiger partial charge in [-0.05, 0) is 0 Å². The average molecular weight is 399 g/mol. The molecule has 3 atom stereocenters. The van der Waals surface area contributed by atoms with Crippen molar-refractivity contribution in [2.75, 3.05) is 18.9 Å². The van der Waals surface area contributed by atoms with Gasteiger partial charge in [0.05, 0.1) is 17.6 Å². The Morgan fingerprint density at radius 1 is 1.46 bits per heavy atom. The van der Waals surface area contributed by atoms with Crippen LogP contribution in [-0.2, 0) is 9.53 Å². The molecule has 0 spiro atoms. The van der Waals surface area contributed by atoms with Gasteiger partial charge < -0.3 is 20.3 Å². The fourth-order valence-electron chi connectivity index (χ4n) is 2.26. The number of thioether (sulfide) groups is 1. The monoisotopic (exact) mass is 399 g/mol. The van der Waals surface area contributed by atoms with Crippen LogP contribution in [-0.4, -0.2) is 63.0 Å². The first-order valence-electron chi connectivity index (χ1n) is 7.41. The maximum atomic E-state index is 12.1. The zero-order valence-corrected chi connectivity index (χ0v) is 14.0. The van der Waals surface area contributed by atoms with Gasteiger partial charge in [0.15, 0.2) is 0 Å². The van der Waals surface area contributed by atoms with Crippen LogP contribution in [0, 0.1) is 0 Å². The Kier molecular flexibility index (Phi) is 6.49. The second kappa shape index (κ2) is 8.24. The SMILES string of the molecule is O=C(NCCSc1cn([C@H]2C[C@H](O)[C@@H](CO)O2)c(=O)[nH]c1=O)C(F)(F)F. The van der Waals surface area contributed by atoms with Gasteiger partial charge in [0.1, 0.15) is 12.3 Å². The molecule has 0 radical (unpaired) electrons. The van der Waals surface area contributed by atoms with E-state index in [0.29, 0.717) is 0 Å². The van der Waals surface area contributed by atoms with Crippen LogP contribution >= 0.6 is 11.8 Å². The van der Waals surface area contributed by atoms with E-state index in [0.717, 1.165) is 22.5 Å². The molecule has 0 saturated carbocycles. The van der Waals surface area contributed by atoms with Gasteiger partial charge in [0.2, 0.25) is 0 Å². The number of hydrogen-bond donors (Lipinski definition) is 4. The molecule has 1 aliphatic heterocycles. The number of aromatic amines is 1. The summed E-state index contributed by atoms with van der Waals surface area (Å²) in [6.45, 7) is -0.789. The van der Waals surface area contributed by atoms with Crippen molar-refractivity contribution in [3.8, 4) is 0 Å². The van der Waals surface area contributed by atoms with Crippen molar-refractivity contribution in [2.45, 2.75) is 35.9 Å². The maximum Gasteiger partial charge on any atom is 0.471 e. The number of hydrogen-bond acceptors (Lipinski definition) is 7. The van der Waals surface area contributed by atoms with E-state index in [2.05, 4.69) is 0 Å². The van der Waals surface area contributed by atoms with E-state index < -0.39 is 48.4 Å². The average Bonchev–Trinajstić information content (AvgIpc) is 2.92. The first-order chi connectivity index (χ1) is 12.1. The van der Waals surface area contributed by atoms with E-state index in [1.165, 1.54) is 0 Å². The van der Waals surface area contributed by atoms with Crippen molar-refractivity contribution in [1.82, 2.24) is 14.9 Å². The number of nitrogens with zero attached hydrogens (tertiary/aromatic N) is 1. The summed E-state index contributed by atoms with van der Waals surface area (Å²) in [5.41, 5.74) is -1.53. The summed E-state index contributed by atoms with van der Waals surface area (Å²) < 4.78 is 42.5. The van der Waals surface area contributed by atoms with Crippen molar-refractivity contribution in [1.29, 1.82) is 0 Å². The second-order valence-electron chi connectivity index (χ2n) is 5.38. The number of ether oxygens (including phenoxy) is 1. The summed E-state index contributed by atoms with van der Waals surface area (Å²) in [5, 5.41) is 20.4. The van der Waals surface area contributed by atoms with E-state index in [9.17, 15) is 32.7 Å². The van der Waals surface area contributed by atoms with Gasteiger partial charge in [-0.2, -0.15) is 13.2 Å². The third-order valence-corrected chi connectivity index (χ3v) is 4.54. The van der Waals surface area contributed by atoms with Crippen LogP contribution in [0.15, 0.2) is 20.7 Å². The molecule has 26 heavy (non-hydrogen) atoms. The molecule has 1 saturated heterocycles. The standard InChI is InChI=1S/C13H16F3N3O6S/c14-13(15,16)11(23)17-1-2-26-8-4-19(12(24)18-10(8)22)9-3-6(21)7(5-20)25-9/h4,6-7,9,20-21H,1-3,5H2,(H,17,23)(H,18,22,24)/t6-,7+,9+/m0/s1. The van der Waals surface area contributed by atoms with E-state index in [-0.39, 0.29) is 23.6 Å². The number of aromatic nitrogens is 2. The minimum Gasteiger partial charge on any atom is -0.394 e. The minimum atomic E-state index is -4.99. The van der Waals surface area contributed by atoms with Gasteiger partial charge in [-0.25, -0.2) is 4.79 Å². The predicted molar refractivity (Wildman–Crippen MR) is 82.7 cm³/mol. The fourth-order valence-corrected chi connectivity index (χ4v) is 3.05. The number of halogens is 3. The number of aliphatic hydroxyl groups is 2. The summed E-state index contributed by atoms with van der Waals surface area (Å²) in [6, 6.07) is 0. The molecule has 4 N–H and O–H groups in total. The van der Waals surface area contributed by atoms with Crippen molar-refractivity contribution in [3.05, 3.63) is 27.0 Å². The Morgan fingerprint density at radius 3 is 2.73 bits per heavy atom. The Balaban J connectivity index is 2.03. The topological polar surface area (TPSA) is 134 Å². The van der Waals surface area contributed by atoms with Gasteiger partial charge in [-0.3, -0.25) is 19.1 Å². The molecule has 2 rings (SSSR count). The molecule has 13 heteroatoms. The van der Waals surface area contributed by atoms with Crippen molar-refractivity contribution < 1.29 is 32.9 Å². The zero-order chi connectivity index (χ0) is 19.5. The number of nitrogens with one attached hydrogen (secondary N) is 2. The molecule has 1 amide bonds. The van der Waals surface area contributed by atoms with Crippen LogP contribution in [0.1, 0.15) is 12.6 Å². The van der Waals surface area contributed by atoms with Gasteiger partial charge in [0, 0.05) is 24.9 Å². The number of aliphatic hydroxyl groups excluding tert-OH is 2. The highest BCUT2D eigenvalue weighted by atomic mass is 32.2. The molecular weight excluding hydrogens is 383 g/mol. The van der Waals surface area contributed by atoms with Crippen LogP contribution in [0.5, 0.6) is 0 Å². The van der Waals surface area contributed by atoms with Crippen molar-refractivity contribution >= 4 is 17.7 Å². The van der Waals surface area contributed by atoms with Crippen LogP contribution < -0.4 is 16.6 Å². The van der Waals surface area contributed by atoms with E-state index >= 15 is 0 Å². The third kappa shape index (κ3) is 4.87. The molecule has 146 valence electrons. The lowest BCUT2D eigenvalue weighted by Crippen LogP contribution is -2.38. The Bertz CT molecular complexity index is 765. The molecule has 1 aromatic heterocycles. The minimum absolute atomic E-state index is 0.0168. The fraction of sp³-hybridized carbons (Fsp3) is 0.615. The molecule has 9 nitrogen and oxygen atoms in total. The predicted octanol–water partition coefficient (Wildman–Crippen LogP) is -1.05. The molecule has 1 aromatic rings. The van der Waals surface area contributed by atoms with Crippen LogP contribution in [0.25, 0.3) is 0 Å². The van der Waals surface area contributed by atoms with Gasteiger partial charge in [0.25, 0.3) is 5.56 Å². The van der Waals surface area contributed by atoms with Crippen molar-refractivity contribution in [2.24, 2.45) is 0 Å². The summed E-state index contributed by atoms with van der Waals surface area (Å²) in [7, 11) is 0. The largest absolute Gasteiger partial charge is 0.471 e. The smallest absolute Gasteiger partial charge is 0.394 e. The molecule has 1 aliphatic rings. The lowest BCUT2D eigenvalue weighted by molar-refractivity contribution is -0.173. The number of alkyl halides is 3. The first kappa shape index (κ1) is 20.5. The molecule has 0 aliphatic carbocycles. The highest BCUT2D eigenvalue weighted by molar-refractivity contribution is 7.99. The molecule has 0 bridgehead atoms. The van der Waals surface area contributed by atoms with E-state index in [1.54, 1.807) is 5.32 Å². The van der Waals surface area contributed by atoms with E-state index in [1.807, 2.05) is 4.98 Å². The van der Waals surface area contributed by atoms with Gasteiger partial charge in [-0.1, -0.05) is 0 Å². The number of amides is 1. The number of H-pyrrole nitrogens is 1. The third-order valence-electron chi connectivity index (χ3n) is 3.53. The lowest BCUT2D eigenvalue weighted by Gasteiger charge is -2.15. The number of carbonyl (C=O) groups is 1. The van der Waals surface area contributed by atoms with Crippen LogP contribution in [0.3, 0.4) is 0 Å². The normalized spacial score (nSPS) is 23.2. The molecular formula is C13H16F3N3O6S. The molecule has 0 aromatic carbocycles. The second-order valence-corrected chi connectivity index (χ2v) is 6.51. The maximum absolute atomic E-state index is 12.1. The Morgan fingerprint density at radius 2 is 2.15 bits per heavy atom. The summed E-state index contributed by atoms with van der Waals surface area (Å²) >= 11 is 0.836.